The zero-order valence-corrected chi connectivity index (χ0v) is 13.2. The zero-order chi connectivity index (χ0) is 17.0. The number of rotatable bonds is 6. The number of aryl methyl sites for hydroxylation is 1. The SMILES string of the molecule is COc1cccc(C(C)(CC(=O)O)NC(=O)c2cc(C)[nH]n2)c1. The summed E-state index contributed by atoms with van der Waals surface area (Å²) in [7, 11) is 1.53. The molecule has 0 aliphatic carbocycles. The molecular formula is C16H19N3O4. The monoisotopic (exact) mass is 317 g/mol. The summed E-state index contributed by atoms with van der Waals surface area (Å²) in [6, 6.07) is 8.56. The lowest BCUT2D eigenvalue weighted by molar-refractivity contribution is -0.138. The lowest BCUT2D eigenvalue weighted by Crippen LogP contribution is -2.45. The van der Waals surface area contributed by atoms with E-state index in [1.807, 2.05) is 0 Å². The highest BCUT2D eigenvalue weighted by Gasteiger charge is 2.32. The molecule has 3 N–H and O–H groups in total. The van der Waals surface area contributed by atoms with E-state index in [9.17, 15) is 14.7 Å². The van der Waals surface area contributed by atoms with Crippen molar-refractivity contribution in [1.29, 1.82) is 0 Å². The summed E-state index contributed by atoms with van der Waals surface area (Å²) in [5.41, 5.74) is 0.503. The number of carbonyl (C=O) groups is 2. The Kier molecular flexibility index (Phi) is 4.68. The third-order valence-corrected chi connectivity index (χ3v) is 3.54. The largest absolute Gasteiger partial charge is 0.497 e. The highest BCUT2D eigenvalue weighted by molar-refractivity contribution is 5.93. The van der Waals surface area contributed by atoms with Gasteiger partial charge in [0.15, 0.2) is 0 Å². The summed E-state index contributed by atoms with van der Waals surface area (Å²) in [5, 5.41) is 18.6. The van der Waals surface area contributed by atoms with Gasteiger partial charge in [-0.05, 0) is 37.6 Å². The summed E-state index contributed by atoms with van der Waals surface area (Å²) in [6.45, 7) is 3.44. The Balaban J connectivity index is 2.34. The van der Waals surface area contributed by atoms with Crippen LogP contribution in [0, 0.1) is 6.92 Å². The van der Waals surface area contributed by atoms with Crippen LogP contribution in [0.15, 0.2) is 30.3 Å². The van der Waals surface area contributed by atoms with E-state index < -0.39 is 17.4 Å². The maximum absolute atomic E-state index is 12.4. The number of benzene rings is 1. The second kappa shape index (κ2) is 6.51. The van der Waals surface area contributed by atoms with Gasteiger partial charge in [0.05, 0.1) is 19.1 Å². The molecule has 0 saturated carbocycles. The van der Waals surface area contributed by atoms with Crippen LogP contribution in [0.25, 0.3) is 0 Å². The van der Waals surface area contributed by atoms with Crippen molar-refractivity contribution in [2.45, 2.75) is 25.8 Å². The molecule has 1 heterocycles. The van der Waals surface area contributed by atoms with Crippen LogP contribution in [-0.4, -0.2) is 34.3 Å². The zero-order valence-electron chi connectivity index (χ0n) is 13.2. The van der Waals surface area contributed by atoms with Gasteiger partial charge in [0, 0.05) is 5.69 Å². The van der Waals surface area contributed by atoms with Crippen LogP contribution in [0.1, 0.15) is 35.1 Å². The van der Waals surface area contributed by atoms with Gasteiger partial charge in [-0.15, -0.1) is 0 Å². The van der Waals surface area contributed by atoms with Crippen molar-refractivity contribution in [2.75, 3.05) is 7.11 Å². The van der Waals surface area contributed by atoms with E-state index in [2.05, 4.69) is 15.5 Å². The molecule has 122 valence electrons. The Bertz CT molecular complexity index is 726. The summed E-state index contributed by atoms with van der Waals surface area (Å²) < 4.78 is 5.17. The van der Waals surface area contributed by atoms with Gasteiger partial charge in [0.25, 0.3) is 5.91 Å². The van der Waals surface area contributed by atoms with Crippen molar-refractivity contribution >= 4 is 11.9 Å². The van der Waals surface area contributed by atoms with Gasteiger partial charge in [-0.3, -0.25) is 14.7 Å². The molecule has 7 nitrogen and oxygen atoms in total. The molecule has 1 amide bonds. The third-order valence-electron chi connectivity index (χ3n) is 3.54. The Hall–Kier alpha value is -2.83. The van der Waals surface area contributed by atoms with Crippen LogP contribution in [-0.2, 0) is 10.3 Å². The van der Waals surface area contributed by atoms with E-state index in [1.54, 1.807) is 44.2 Å². The Labute approximate surface area is 133 Å². The first-order valence-corrected chi connectivity index (χ1v) is 7.05. The van der Waals surface area contributed by atoms with E-state index in [0.717, 1.165) is 5.69 Å². The Morgan fingerprint density at radius 2 is 2.13 bits per heavy atom. The van der Waals surface area contributed by atoms with Crippen molar-refractivity contribution in [3.05, 3.63) is 47.3 Å². The van der Waals surface area contributed by atoms with E-state index >= 15 is 0 Å². The minimum atomic E-state index is -1.09. The first kappa shape index (κ1) is 16.5. The maximum Gasteiger partial charge on any atom is 0.306 e. The van der Waals surface area contributed by atoms with Crippen molar-refractivity contribution in [3.63, 3.8) is 0 Å². The molecule has 0 bridgehead atoms. The molecule has 0 fully saturated rings. The number of hydrogen-bond acceptors (Lipinski definition) is 4. The molecule has 1 aromatic heterocycles. The number of H-pyrrole nitrogens is 1. The Morgan fingerprint density at radius 3 is 2.70 bits per heavy atom. The number of nitrogens with zero attached hydrogens (tertiary/aromatic N) is 1. The maximum atomic E-state index is 12.4. The average Bonchev–Trinajstić information content (AvgIpc) is 2.93. The summed E-state index contributed by atoms with van der Waals surface area (Å²) in [4.78, 5) is 23.6. The molecule has 0 saturated heterocycles. The minimum Gasteiger partial charge on any atom is -0.497 e. The standard InChI is InChI=1S/C16H19N3O4/c1-10-7-13(19-18-10)15(22)17-16(2,9-14(20)21)11-5-4-6-12(8-11)23-3/h4-8H,9H2,1-3H3,(H,17,22)(H,18,19)(H,20,21). The van der Waals surface area contributed by atoms with Crippen molar-refractivity contribution in [3.8, 4) is 5.75 Å². The number of carboxylic acids is 1. The van der Waals surface area contributed by atoms with Crippen molar-refractivity contribution < 1.29 is 19.4 Å². The molecule has 0 aliphatic heterocycles. The van der Waals surface area contributed by atoms with Crippen LogP contribution in [0.3, 0.4) is 0 Å². The van der Waals surface area contributed by atoms with Crippen LogP contribution < -0.4 is 10.1 Å². The van der Waals surface area contributed by atoms with Gasteiger partial charge in [0.2, 0.25) is 0 Å². The number of ether oxygens (including phenoxy) is 1. The molecule has 23 heavy (non-hydrogen) atoms. The molecule has 2 aromatic rings. The van der Waals surface area contributed by atoms with E-state index in [4.69, 9.17) is 4.74 Å². The number of methoxy groups -OCH3 is 1. The topological polar surface area (TPSA) is 104 Å². The van der Waals surface area contributed by atoms with Gasteiger partial charge < -0.3 is 15.2 Å². The van der Waals surface area contributed by atoms with Crippen molar-refractivity contribution in [2.24, 2.45) is 0 Å². The molecule has 2 rings (SSSR count). The molecular weight excluding hydrogens is 298 g/mol. The number of aromatic amines is 1. The molecule has 7 heteroatoms. The number of nitrogens with one attached hydrogen (secondary N) is 2. The second-order valence-corrected chi connectivity index (χ2v) is 5.52. The predicted octanol–water partition coefficient (Wildman–Crippen LogP) is 1.85. The van der Waals surface area contributed by atoms with Gasteiger partial charge in [-0.2, -0.15) is 5.10 Å². The second-order valence-electron chi connectivity index (χ2n) is 5.52. The molecule has 0 spiro atoms. The first-order valence-electron chi connectivity index (χ1n) is 7.05. The highest BCUT2D eigenvalue weighted by atomic mass is 16.5. The van der Waals surface area contributed by atoms with Gasteiger partial charge >= 0.3 is 5.97 Å². The number of amides is 1. The van der Waals surface area contributed by atoms with E-state index in [0.29, 0.717) is 11.3 Å². The Morgan fingerprint density at radius 1 is 1.39 bits per heavy atom. The van der Waals surface area contributed by atoms with Gasteiger partial charge in [-0.1, -0.05) is 12.1 Å². The highest BCUT2D eigenvalue weighted by Crippen LogP contribution is 2.28. The number of aromatic nitrogens is 2. The molecule has 1 atom stereocenters. The predicted molar refractivity (Wildman–Crippen MR) is 83.4 cm³/mol. The fourth-order valence-electron chi connectivity index (χ4n) is 2.34. The molecule has 1 unspecified atom stereocenters. The number of carboxylic acid groups (broad SMARTS) is 1. The lowest BCUT2D eigenvalue weighted by atomic mass is 9.88. The number of carbonyl (C=O) groups excluding carboxylic acids is 1. The van der Waals surface area contributed by atoms with Crippen molar-refractivity contribution in [1.82, 2.24) is 15.5 Å². The third kappa shape index (κ3) is 3.88. The number of aliphatic carboxylic acids is 1. The molecule has 1 aromatic carbocycles. The molecule has 0 aliphatic rings. The van der Waals surface area contributed by atoms with Crippen LogP contribution in [0.5, 0.6) is 5.75 Å². The van der Waals surface area contributed by atoms with Gasteiger partial charge in [-0.25, -0.2) is 0 Å². The normalized spacial score (nSPS) is 13.2. The van der Waals surface area contributed by atoms with Gasteiger partial charge in [0.1, 0.15) is 11.4 Å². The summed E-state index contributed by atoms with van der Waals surface area (Å²) in [5.74, 6) is -0.876. The van der Waals surface area contributed by atoms with Crippen LogP contribution in [0.2, 0.25) is 0 Å². The van der Waals surface area contributed by atoms with E-state index in [-0.39, 0.29) is 12.1 Å². The summed E-state index contributed by atoms with van der Waals surface area (Å²) >= 11 is 0. The fourth-order valence-corrected chi connectivity index (χ4v) is 2.34. The molecule has 0 radical (unpaired) electrons. The lowest BCUT2D eigenvalue weighted by Gasteiger charge is -2.30. The van der Waals surface area contributed by atoms with E-state index in [1.165, 1.54) is 7.11 Å². The quantitative estimate of drug-likeness (QED) is 0.754. The number of hydrogen-bond donors (Lipinski definition) is 3. The minimum absolute atomic E-state index is 0.210. The first-order chi connectivity index (χ1) is 10.8. The fraction of sp³-hybridized carbons (Fsp3) is 0.312. The smallest absolute Gasteiger partial charge is 0.306 e. The van der Waals surface area contributed by atoms with Crippen LogP contribution in [0.4, 0.5) is 0 Å². The summed E-state index contributed by atoms with van der Waals surface area (Å²) in [6.07, 6.45) is -0.269. The average molecular weight is 317 g/mol. The van der Waals surface area contributed by atoms with Crippen LogP contribution >= 0.6 is 0 Å².